The standard InChI is InChI=1S/C27H48O2/c1-5-27(29)16-14-21-19(17-27)9-11-23-22(21)13-15-26(4)20(10-12-24(23)26)7-6-8-25(28)18(2)3/h18-25,28-29H,5-17H2,1-4H3/t19?,20?,21?,22?,23?,24?,25?,26?,27-/m0/s1. The predicted octanol–water partition coefficient (Wildman–Crippen LogP) is 6.58. The third-order valence-corrected chi connectivity index (χ3v) is 10.8. The van der Waals surface area contributed by atoms with Crippen LogP contribution in [0, 0.1) is 46.8 Å². The fourth-order valence-corrected chi connectivity index (χ4v) is 8.77. The van der Waals surface area contributed by atoms with Gasteiger partial charge in [0.15, 0.2) is 0 Å². The van der Waals surface area contributed by atoms with E-state index in [1.54, 1.807) is 0 Å². The smallest absolute Gasteiger partial charge is 0.0648 e. The molecule has 0 radical (unpaired) electrons. The lowest BCUT2D eigenvalue weighted by atomic mass is 9.48. The first kappa shape index (κ1) is 22.1. The molecule has 8 unspecified atom stereocenters. The molecule has 0 heterocycles. The van der Waals surface area contributed by atoms with E-state index in [0.29, 0.717) is 11.3 Å². The summed E-state index contributed by atoms with van der Waals surface area (Å²) >= 11 is 0. The molecule has 0 saturated heterocycles. The van der Waals surface area contributed by atoms with Crippen molar-refractivity contribution in [3.05, 3.63) is 0 Å². The number of fused-ring (bicyclic) bond motifs is 5. The van der Waals surface area contributed by atoms with Crippen LogP contribution in [0.15, 0.2) is 0 Å². The Kier molecular flexibility index (Phi) is 6.45. The van der Waals surface area contributed by atoms with Gasteiger partial charge in [-0.25, -0.2) is 0 Å². The number of rotatable bonds is 6. The summed E-state index contributed by atoms with van der Waals surface area (Å²) in [4.78, 5) is 0. The molecule has 0 amide bonds. The highest BCUT2D eigenvalue weighted by molar-refractivity contribution is 5.06. The van der Waals surface area contributed by atoms with Gasteiger partial charge in [-0.15, -0.1) is 0 Å². The van der Waals surface area contributed by atoms with Crippen LogP contribution in [-0.4, -0.2) is 21.9 Å². The van der Waals surface area contributed by atoms with Crippen molar-refractivity contribution in [1.29, 1.82) is 0 Å². The highest BCUT2D eigenvalue weighted by Crippen LogP contribution is 2.65. The normalized spacial score (nSPS) is 48.1. The molecule has 0 bridgehead atoms. The molecule has 0 aliphatic heterocycles. The average molecular weight is 405 g/mol. The molecule has 29 heavy (non-hydrogen) atoms. The fraction of sp³-hybridized carbons (Fsp3) is 1.00. The van der Waals surface area contributed by atoms with Gasteiger partial charge < -0.3 is 10.2 Å². The van der Waals surface area contributed by atoms with E-state index in [9.17, 15) is 10.2 Å². The first-order valence-corrected chi connectivity index (χ1v) is 13.2. The molecule has 9 atom stereocenters. The molecule has 2 heteroatoms. The van der Waals surface area contributed by atoms with Gasteiger partial charge in [-0.1, -0.05) is 34.1 Å². The third kappa shape index (κ3) is 4.07. The van der Waals surface area contributed by atoms with Crippen molar-refractivity contribution in [3.8, 4) is 0 Å². The van der Waals surface area contributed by atoms with E-state index >= 15 is 0 Å². The van der Waals surface area contributed by atoms with Crippen LogP contribution in [0.5, 0.6) is 0 Å². The van der Waals surface area contributed by atoms with Crippen molar-refractivity contribution in [2.45, 2.75) is 123 Å². The van der Waals surface area contributed by atoms with E-state index in [2.05, 4.69) is 27.7 Å². The van der Waals surface area contributed by atoms with Gasteiger partial charge in [0.2, 0.25) is 0 Å². The van der Waals surface area contributed by atoms with E-state index < -0.39 is 0 Å². The fourth-order valence-electron chi connectivity index (χ4n) is 8.77. The Morgan fingerprint density at radius 2 is 1.69 bits per heavy atom. The highest BCUT2D eigenvalue weighted by atomic mass is 16.3. The molecule has 0 aromatic heterocycles. The summed E-state index contributed by atoms with van der Waals surface area (Å²) in [6.45, 7) is 9.10. The van der Waals surface area contributed by atoms with Gasteiger partial charge in [-0.3, -0.25) is 0 Å². The molecule has 0 aromatic rings. The highest BCUT2D eigenvalue weighted by Gasteiger charge is 2.57. The summed E-state index contributed by atoms with van der Waals surface area (Å²) in [6.07, 6.45) is 16.4. The predicted molar refractivity (Wildman–Crippen MR) is 121 cm³/mol. The van der Waals surface area contributed by atoms with Gasteiger partial charge in [-0.2, -0.15) is 0 Å². The van der Waals surface area contributed by atoms with E-state index in [1.165, 1.54) is 57.8 Å². The van der Waals surface area contributed by atoms with Crippen molar-refractivity contribution < 1.29 is 10.2 Å². The van der Waals surface area contributed by atoms with Crippen molar-refractivity contribution in [3.63, 3.8) is 0 Å². The maximum absolute atomic E-state index is 10.9. The zero-order chi connectivity index (χ0) is 20.8. The molecular weight excluding hydrogens is 356 g/mol. The molecule has 4 fully saturated rings. The Labute approximate surface area is 180 Å². The summed E-state index contributed by atoms with van der Waals surface area (Å²) in [5, 5.41) is 21.1. The molecular formula is C27H48O2. The maximum Gasteiger partial charge on any atom is 0.0648 e. The zero-order valence-electron chi connectivity index (χ0n) is 19.7. The van der Waals surface area contributed by atoms with E-state index in [0.717, 1.165) is 61.2 Å². The van der Waals surface area contributed by atoms with Crippen LogP contribution < -0.4 is 0 Å². The summed E-state index contributed by atoms with van der Waals surface area (Å²) in [5.74, 6) is 5.87. The summed E-state index contributed by atoms with van der Waals surface area (Å²) < 4.78 is 0. The number of hydrogen-bond acceptors (Lipinski definition) is 2. The van der Waals surface area contributed by atoms with Crippen molar-refractivity contribution in [2.75, 3.05) is 0 Å². The van der Waals surface area contributed by atoms with Gasteiger partial charge in [0.1, 0.15) is 0 Å². The Bertz CT molecular complexity index is 559. The Hall–Kier alpha value is -0.0800. The molecule has 2 N–H and O–H groups in total. The lowest BCUT2D eigenvalue weighted by Crippen LogP contribution is -2.50. The number of aliphatic hydroxyl groups is 2. The Morgan fingerprint density at radius 3 is 2.41 bits per heavy atom. The SMILES string of the molecule is CC[C@]1(O)CCC2C(CCC3C2CCC2(C)C(CCCC(O)C(C)C)CCC32)C1. The first-order valence-electron chi connectivity index (χ1n) is 13.2. The van der Waals surface area contributed by atoms with Crippen molar-refractivity contribution in [1.82, 2.24) is 0 Å². The van der Waals surface area contributed by atoms with Crippen LogP contribution in [0.3, 0.4) is 0 Å². The summed E-state index contributed by atoms with van der Waals surface area (Å²) in [7, 11) is 0. The van der Waals surface area contributed by atoms with Crippen LogP contribution in [-0.2, 0) is 0 Å². The quantitative estimate of drug-likeness (QED) is 0.524. The lowest BCUT2D eigenvalue weighted by Gasteiger charge is -2.57. The van der Waals surface area contributed by atoms with E-state index in [-0.39, 0.29) is 11.7 Å². The minimum atomic E-state index is -0.351. The van der Waals surface area contributed by atoms with Crippen molar-refractivity contribution in [2.24, 2.45) is 46.8 Å². The zero-order valence-corrected chi connectivity index (χ0v) is 19.7. The second-order valence-corrected chi connectivity index (χ2v) is 12.3. The molecule has 0 spiro atoms. The topological polar surface area (TPSA) is 40.5 Å². The summed E-state index contributed by atoms with van der Waals surface area (Å²) in [6, 6.07) is 0. The largest absolute Gasteiger partial charge is 0.393 e. The lowest BCUT2D eigenvalue weighted by molar-refractivity contribution is -0.107. The van der Waals surface area contributed by atoms with E-state index in [1.807, 2.05) is 0 Å². The molecule has 4 saturated carbocycles. The minimum Gasteiger partial charge on any atom is -0.393 e. The molecule has 168 valence electrons. The van der Waals surface area contributed by atoms with Gasteiger partial charge in [0, 0.05) is 0 Å². The molecule has 4 aliphatic carbocycles. The Balaban J connectivity index is 1.38. The second kappa shape index (κ2) is 8.45. The van der Waals surface area contributed by atoms with Gasteiger partial charge in [0.25, 0.3) is 0 Å². The van der Waals surface area contributed by atoms with Crippen LogP contribution >= 0.6 is 0 Å². The average Bonchev–Trinajstić information content (AvgIpc) is 3.04. The van der Waals surface area contributed by atoms with Gasteiger partial charge in [0.05, 0.1) is 11.7 Å². The maximum atomic E-state index is 10.9. The van der Waals surface area contributed by atoms with Crippen molar-refractivity contribution >= 4 is 0 Å². The third-order valence-electron chi connectivity index (χ3n) is 10.8. The van der Waals surface area contributed by atoms with Crippen LogP contribution in [0.25, 0.3) is 0 Å². The summed E-state index contributed by atoms with van der Waals surface area (Å²) in [5.41, 5.74) is 0.214. The first-order chi connectivity index (χ1) is 13.8. The number of aliphatic hydroxyl groups excluding tert-OH is 1. The van der Waals surface area contributed by atoms with Gasteiger partial charge in [-0.05, 0) is 124 Å². The molecule has 0 aromatic carbocycles. The minimum absolute atomic E-state index is 0.112. The van der Waals surface area contributed by atoms with Crippen LogP contribution in [0.1, 0.15) is 111 Å². The monoisotopic (exact) mass is 404 g/mol. The van der Waals surface area contributed by atoms with Crippen LogP contribution in [0.4, 0.5) is 0 Å². The number of hydrogen-bond donors (Lipinski definition) is 2. The van der Waals surface area contributed by atoms with Gasteiger partial charge >= 0.3 is 0 Å². The molecule has 4 aliphatic rings. The van der Waals surface area contributed by atoms with Crippen LogP contribution in [0.2, 0.25) is 0 Å². The second-order valence-electron chi connectivity index (χ2n) is 12.3. The Morgan fingerprint density at radius 1 is 0.931 bits per heavy atom. The molecule has 4 rings (SSSR count). The molecule has 2 nitrogen and oxygen atoms in total. The van der Waals surface area contributed by atoms with E-state index in [4.69, 9.17) is 0 Å².